The number of hydrogen-bond donors (Lipinski definition) is 0. The SMILES string of the molecule is CN(C(=O)I)C1[C@H]2CN(c3nccc(C(F)(F)F)n3)C[C@@H]12. The number of hydrogen-bond acceptors (Lipinski definition) is 4. The zero-order valence-corrected chi connectivity index (χ0v) is 13.2. The standard InChI is InChI=1S/C12H12F3IN4O/c1-19(10(16)21)9-6-4-20(5-7(6)9)11-17-3-2-8(18-11)12(13,14)15/h2-3,6-7,9H,4-5H2,1H3/t6-,7+,9?. The first-order chi connectivity index (χ1) is 9.79. The van der Waals surface area contributed by atoms with E-state index >= 15 is 0 Å². The van der Waals surface area contributed by atoms with Gasteiger partial charge in [0.15, 0.2) is 0 Å². The van der Waals surface area contributed by atoms with E-state index in [1.54, 1.807) is 39.4 Å². The Morgan fingerprint density at radius 1 is 1.43 bits per heavy atom. The summed E-state index contributed by atoms with van der Waals surface area (Å²) in [5, 5.41) is 0. The van der Waals surface area contributed by atoms with Crippen molar-refractivity contribution in [2.45, 2.75) is 12.2 Å². The van der Waals surface area contributed by atoms with Crippen molar-refractivity contribution in [3.8, 4) is 0 Å². The highest BCUT2D eigenvalue weighted by atomic mass is 127. The largest absolute Gasteiger partial charge is 0.433 e. The van der Waals surface area contributed by atoms with Crippen molar-refractivity contribution in [2.24, 2.45) is 11.8 Å². The molecule has 1 unspecified atom stereocenters. The van der Waals surface area contributed by atoms with Gasteiger partial charge < -0.3 is 9.80 Å². The van der Waals surface area contributed by atoms with E-state index in [9.17, 15) is 18.0 Å². The van der Waals surface area contributed by atoms with Crippen molar-refractivity contribution in [3.63, 3.8) is 0 Å². The summed E-state index contributed by atoms with van der Waals surface area (Å²) in [6.07, 6.45) is -3.33. The van der Waals surface area contributed by atoms with Crippen LogP contribution >= 0.6 is 22.6 Å². The lowest BCUT2D eigenvalue weighted by atomic mass is 10.3. The zero-order chi connectivity index (χ0) is 15.4. The summed E-state index contributed by atoms with van der Waals surface area (Å²) in [6.45, 7) is 1.18. The highest BCUT2D eigenvalue weighted by Gasteiger charge is 2.59. The van der Waals surface area contributed by atoms with Crippen LogP contribution in [0.4, 0.5) is 23.9 Å². The summed E-state index contributed by atoms with van der Waals surface area (Å²) in [5.41, 5.74) is -0.927. The predicted molar refractivity (Wildman–Crippen MR) is 77.2 cm³/mol. The molecule has 1 saturated heterocycles. The fourth-order valence-corrected chi connectivity index (χ4v) is 3.33. The molecule has 0 radical (unpaired) electrons. The van der Waals surface area contributed by atoms with Gasteiger partial charge in [0.25, 0.3) is 3.91 Å². The lowest BCUT2D eigenvalue weighted by Crippen LogP contribution is -2.34. The van der Waals surface area contributed by atoms with Crippen LogP contribution in [0.25, 0.3) is 0 Å². The van der Waals surface area contributed by atoms with Gasteiger partial charge in [-0.05, 0) is 6.07 Å². The number of piperidine rings is 1. The molecule has 1 aliphatic heterocycles. The highest BCUT2D eigenvalue weighted by Crippen LogP contribution is 2.49. The predicted octanol–water partition coefficient (Wildman–Crippen LogP) is 2.42. The smallest absolute Gasteiger partial charge is 0.340 e. The monoisotopic (exact) mass is 412 g/mol. The van der Waals surface area contributed by atoms with Crippen molar-refractivity contribution < 1.29 is 18.0 Å². The van der Waals surface area contributed by atoms with Gasteiger partial charge in [-0.25, -0.2) is 9.97 Å². The lowest BCUT2D eigenvalue weighted by Gasteiger charge is -2.23. The molecule has 1 saturated carbocycles. The second kappa shape index (κ2) is 4.96. The Morgan fingerprint density at radius 2 is 2.05 bits per heavy atom. The molecule has 2 heterocycles. The Bertz CT molecular complexity index is 570. The van der Waals surface area contributed by atoms with E-state index in [4.69, 9.17) is 0 Å². The Morgan fingerprint density at radius 3 is 2.57 bits per heavy atom. The van der Waals surface area contributed by atoms with Crippen LogP contribution in [-0.2, 0) is 6.18 Å². The maximum atomic E-state index is 12.6. The van der Waals surface area contributed by atoms with Crippen molar-refractivity contribution >= 4 is 32.5 Å². The normalized spacial score (nSPS) is 27.5. The van der Waals surface area contributed by atoms with Crippen LogP contribution in [0.15, 0.2) is 12.3 Å². The van der Waals surface area contributed by atoms with E-state index in [0.717, 1.165) is 12.3 Å². The molecule has 2 fully saturated rings. The summed E-state index contributed by atoms with van der Waals surface area (Å²) < 4.78 is 37.9. The van der Waals surface area contributed by atoms with Crippen molar-refractivity contribution in [3.05, 3.63) is 18.0 Å². The summed E-state index contributed by atoms with van der Waals surface area (Å²) in [4.78, 5) is 22.3. The first-order valence-electron chi connectivity index (χ1n) is 6.36. The van der Waals surface area contributed by atoms with Crippen molar-refractivity contribution in [1.82, 2.24) is 14.9 Å². The molecular weight excluding hydrogens is 400 g/mol. The summed E-state index contributed by atoms with van der Waals surface area (Å²) in [6, 6.07) is 1.06. The molecule has 0 bridgehead atoms. The van der Waals surface area contributed by atoms with Gasteiger partial charge in [0.05, 0.1) is 0 Å². The number of amides is 1. The lowest BCUT2D eigenvalue weighted by molar-refractivity contribution is -0.141. The number of nitrogens with zero attached hydrogens (tertiary/aromatic N) is 4. The second-order valence-corrected chi connectivity index (χ2v) is 6.25. The minimum atomic E-state index is -4.46. The molecule has 3 atom stereocenters. The van der Waals surface area contributed by atoms with Crippen molar-refractivity contribution in [2.75, 3.05) is 25.0 Å². The Hall–Kier alpha value is -1.13. The van der Waals surface area contributed by atoms with Gasteiger partial charge in [-0.3, -0.25) is 4.79 Å². The topological polar surface area (TPSA) is 49.3 Å². The minimum absolute atomic E-state index is 0.0196. The second-order valence-electron chi connectivity index (χ2n) is 5.33. The van der Waals surface area contributed by atoms with Crippen LogP contribution in [0.5, 0.6) is 0 Å². The van der Waals surface area contributed by atoms with Crippen molar-refractivity contribution in [1.29, 1.82) is 0 Å². The highest BCUT2D eigenvalue weighted by molar-refractivity contribution is 14.1. The van der Waals surface area contributed by atoms with Crippen LogP contribution in [0, 0.1) is 11.8 Å². The average molecular weight is 412 g/mol. The third-order valence-corrected chi connectivity index (χ3v) is 4.85. The molecule has 114 valence electrons. The van der Waals surface area contributed by atoms with E-state index in [2.05, 4.69) is 9.97 Å². The van der Waals surface area contributed by atoms with Gasteiger partial charge in [-0.1, -0.05) is 0 Å². The van der Waals surface area contributed by atoms with Gasteiger partial charge >= 0.3 is 6.18 Å². The number of alkyl halides is 3. The van der Waals surface area contributed by atoms with Gasteiger partial charge in [0.2, 0.25) is 5.95 Å². The quantitative estimate of drug-likeness (QED) is 0.426. The number of carbonyl (C=O) groups excluding carboxylic acids is 1. The first-order valence-corrected chi connectivity index (χ1v) is 7.44. The Balaban J connectivity index is 1.69. The van der Waals surface area contributed by atoms with Gasteiger partial charge in [-0.15, -0.1) is 0 Å². The number of fused-ring (bicyclic) bond motifs is 1. The fourth-order valence-electron chi connectivity index (χ4n) is 3.01. The molecule has 1 aromatic rings. The Labute approximate surface area is 132 Å². The third-order valence-electron chi connectivity index (χ3n) is 4.09. The first kappa shape index (κ1) is 14.8. The number of aromatic nitrogens is 2. The molecule has 1 amide bonds. The maximum absolute atomic E-state index is 12.6. The molecule has 3 rings (SSSR count). The molecule has 0 spiro atoms. The van der Waals surface area contributed by atoms with E-state index in [1.165, 1.54) is 0 Å². The minimum Gasteiger partial charge on any atom is -0.340 e. The summed E-state index contributed by atoms with van der Waals surface area (Å²) >= 11 is 1.74. The van der Waals surface area contributed by atoms with E-state index in [0.29, 0.717) is 24.9 Å². The Kier molecular flexibility index (Phi) is 3.49. The maximum Gasteiger partial charge on any atom is 0.433 e. The number of carbonyl (C=O) groups is 1. The molecule has 0 aromatic carbocycles. The van der Waals surface area contributed by atoms with Crippen LogP contribution in [-0.4, -0.2) is 45.0 Å². The summed E-state index contributed by atoms with van der Waals surface area (Å²) in [7, 11) is 1.75. The van der Waals surface area contributed by atoms with Crippen LogP contribution in [0.1, 0.15) is 5.69 Å². The zero-order valence-electron chi connectivity index (χ0n) is 11.0. The molecule has 0 N–H and O–H groups in total. The molecule has 1 aromatic heterocycles. The average Bonchev–Trinajstić information content (AvgIpc) is 2.90. The third kappa shape index (κ3) is 2.67. The van der Waals surface area contributed by atoms with E-state index in [-0.39, 0.29) is 15.9 Å². The van der Waals surface area contributed by atoms with E-state index in [1.807, 2.05) is 0 Å². The molecule has 2 aliphatic rings. The van der Waals surface area contributed by atoms with Gasteiger partial charge in [0, 0.05) is 66.8 Å². The van der Waals surface area contributed by atoms with Crippen LogP contribution in [0.2, 0.25) is 0 Å². The van der Waals surface area contributed by atoms with Crippen LogP contribution in [0.3, 0.4) is 0 Å². The molecular formula is C12H12F3IN4O. The number of rotatable bonds is 2. The summed E-state index contributed by atoms with van der Waals surface area (Å²) in [5.74, 6) is 0.706. The molecule has 21 heavy (non-hydrogen) atoms. The number of anilines is 1. The van der Waals surface area contributed by atoms with Gasteiger partial charge in [0.1, 0.15) is 5.69 Å². The molecule has 5 nitrogen and oxygen atoms in total. The van der Waals surface area contributed by atoms with Gasteiger partial charge in [-0.2, -0.15) is 13.2 Å². The number of halogens is 4. The fraction of sp³-hybridized carbons (Fsp3) is 0.583. The van der Waals surface area contributed by atoms with Crippen LogP contribution < -0.4 is 4.90 Å². The molecule has 1 aliphatic carbocycles. The molecule has 9 heteroatoms. The van der Waals surface area contributed by atoms with E-state index < -0.39 is 11.9 Å².